The Hall–Kier alpha value is -0.120. The minimum Gasteiger partial charge on any atom is -0.395 e. The number of aliphatic hydroxyl groups is 2. The molecule has 0 spiro atoms. The number of aliphatic hydroxyl groups excluding tert-OH is 1. The smallest absolute Gasteiger partial charge is 0.0715 e. The Kier molecular flexibility index (Phi) is 5.53. The van der Waals surface area contributed by atoms with E-state index in [4.69, 9.17) is 5.11 Å². The Morgan fingerprint density at radius 3 is 2.15 bits per heavy atom. The van der Waals surface area contributed by atoms with E-state index in [1.807, 2.05) is 0 Å². The van der Waals surface area contributed by atoms with Crippen molar-refractivity contribution in [1.29, 1.82) is 0 Å². The summed E-state index contributed by atoms with van der Waals surface area (Å²) in [5, 5.41) is 21.6. The first kappa shape index (κ1) is 12.9. The van der Waals surface area contributed by atoms with Gasteiger partial charge in [0.1, 0.15) is 0 Å². The van der Waals surface area contributed by atoms with Crippen LogP contribution in [0.4, 0.5) is 0 Å². The third-order valence-electron chi connectivity index (χ3n) is 1.80. The monoisotopic (exact) mass is 189 g/mol. The molecule has 3 N–H and O–H groups in total. The van der Waals surface area contributed by atoms with Gasteiger partial charge in [0.15, 0.2) is 0 Å². The molecule has 0 aromatic heterocycles. The van der Waals surface area contributed by atoms with Gasteiger partial charge < -0.3 is 15.5 Å². The third-order valence-corrected chi connectivity index (χ3v) is 1.80. The van der Waals surface area contributed by atoms with Gasteiger partial charge in [-0.05, 0) is 26.2 Å². The van der Waals surface area contributed by atoms with Crippen molar-refractivity contribution < 1.29 is 10.2 Å². The predicted molar refractivity (Wildman–Crippen MR) is 54.6 cm³/mol. The van der Waals surface area contributed by atoms with E-state index in [1.54, 1.807) is 13.8 Å². The van der Waals surface area contributed by atoms with Crippen molar-refractivity contribution in [2.24, 2.45) is 5.92 Å². The lowest BCUT2D eigenvalue weighted by molar-refractivity contribution is 0.0713. The van der Waals surface area contributed by atoms with Crippen molar-refractivity contribution in [2.45, 2.75) is 45.8 Å². The predicted octanol–water partition coefficient (Wildman–Crippen LogP) is 0.754. The largest absolute Gasteiger partial charge is 0.395 e. The lowest BCUT2D eigenvalue weighted by Gasteiger charge is -2.23. The molecule has 0 aliphatic heterocycles. The minimum atomic E-state index is -0.704. The molecule has 1 atom stereocenters. The molecule has 80 valence electrons. The molecule has 3 heteroatoms. The van der Waals surface area contributed by atoms with E-state index >= 15 is 0 Å². The Morgan fingerprint density at radius 2 is 1.85 bits per heavy atom. The van der Waals surface area contributed by atoms with E-state index < -0.39 is 5.60 Å². The molecule has 0 amide bonds. The van der Waals surface area contributed by atoms with Crippen LogP contribution >= 0.6 is 0 Å². The fraction of sp³-hybridized carbons (Fsp3) is 1.00. The van der Waals surface area contributed by atoms with Crippen LogP contribution < -0.4 is 5.32 Å². The summed E-state index contributed by atoms with van der Waals surface area (Å²) in [7, 11) is 0. The molecule has 3 nitrogen and oxygen atoms in total. The molecular formula is C10H23NO2. The maximum atomic E-state index is 9.45. The second-order valence-corrected chi connectivity index (χ2v) is 4.70. The van der Waals surface area contributed by atoms with Gasteiger partial charge in [-0.3, -0.25) is 0 Å². The normalized spacial score (nSPS) is 15.0. The number of hydrogen-bond acceptors (Lipinski definition) is 3. The van der Waals surface area contributed by atoms with Gasteiger partial charge >= 0.3 is 0 Å². The Bertz CT molecular complexity index is 129. The zero-order valence-electron chi connectivity index (χ0n) is 9.17. The molecule has 0 saturated carbocycles. The average molecular weight is 189 g/mol. The molecule has 0 rings (SSSR count). The zero-order chi connectivity index (χ0) is 10.5. The summed E-state index contributed by atoms with van der Waals surface area (Å²) < 4.78 is 0. The summed E-state index contributed by atoms with van der Waals surface area (Å²) in [6.45, 7) is 8.40. The van der Waals surface area contributed by atoms with Crippen molar-refractivity contribution >= 4 is 0 Å². The fourth-order valence-electron chi connectivity index (χ4n) is 1.19. The molecule has 1 unspecified atom stereocenters. The molecule has 0 aromatic carbocycles. The van der Waals surface area contributed by atoms with Crippen LogP contribution in [0.3, 0.4) is 0 Å². The summed E-state index contributed by atoms with van der Waals surface area (Å²) in [4.78, 5) is 0. The van der Waals surface area contributed by atoms with Crippen molar-refractivity contribution in [2.75, 3.05) is 13.2 Å². The van der Waals surface area contributed by atoms with E-state index in [2.05, 4.69) is 19.2 Å². The third kappa shape index (κ3) is 8.22. The summed E-state index contributed by atoms with van der Waals surface area (Å²) >= 11 is 0. The van der Waals surface area contributed by atoms with E-state index in [-0.39, 0.29) is 12.6 Å². The Labute approximate surface area is 81.2 Å². The van der Waals surface area contributed by atoms with Gasteiger partial charge in [-0.1, -0.05) is 13.8 Å². The standard InChI is InChI=1S/C10H23NO2/c1-8(2)5-9(6-12)11-7-10(3,4)13/h8-9,11-13H,5-7H2,1-4H3. The highest BCUT2D eigenvalue weighted by Gasteiger charge is 2.15. The van der Waals surface area contributed by atoms with Crippen LogP contribution in [-0.4, -0.2) is 35.0 Å². The topological polar surface area (TPSA) is 52.5 Å². The van der Waals surface area contributed by atoms with Crippen molar-refractivity contribution in [3.8, 4) is 0 Å². The highest BCUT2D eigenvalue weighted by atomic mass is 16.3. The van der Waals surface area contributed by atoms with Gasteiger partial charge in [0, 0.05) is 12.6 Å². The highest BCUT2D eigenvalue weighted by Crippen LogP contribution is 2.05. The summed E-state index contributed by atoms with van der Waals surface area (Å²) in [5.41, 5.74) is -0.704. The number of nitrogens with one attached hydrogen (secondary N) is 1. The molecule has 0 fully saturated rings. The van der Waals surface area contributed by atoms with Gasteiger partial charge in [-0.2, -0.15) is 0 Å². The highest BCUT2D eigenvalue weighted by molar-refractivity contribution is 4.74. The molecule has 0 radical (unpaired) electrons. The molecule has 13 heavy (non-hydrogen) atoms. The van der Waals surface area contributed by atoms with Gasteiger partial charge in [0.25, 0.3) is 0 Å². The van der Waals surface area contributed by atoms with E-state index in [9.17, 15) is 5.11 Å². The quantitative estimate of drug-likeness (QED) is 0.578. The molecule has 0 bridgehead atoms. The van der Waals surface area contributed by atoms with Crippen LogP contribution in [0.2, 0.25) is 0 Å². The second kappa shape index (κ2) is 5.58. The average Bonchev–Trinajstić information content (AvgIpc) is 1.95. The maximum Gasteiger partial charge on any atom is 0.0715 e. The van der Waals surface area contributed by atoms with Crippen LogP contribution in [0.25, 0.3) is 0 Å². The Balaban J connectivity index is 3.72. The van der Waals surface area contributed by atoms with E-state index in [0.717, 1.165) is 6.42 Å². The van der Waals surface area contributed by atoms with Crippen LogP contribution in [0.1, 0.15) is 34.1 Å². The molecular weight excluding hydrogens is 166 g/mol. The molecule has 0 aliphatic carbocycles. The van der Waals surface area contributed by atoms with E-state index in [1.165, 1.54) is 0 Å². The van der Waals surface area contributed by atoms with Crippen LogP contribution in [0.15, 0.2) is 0 Å². The SMILES string of the molecule is CC(C)CC(CO)NCC(C)(C)O. The van der Waals surface area contributed by atoms with Gasteiger partial charge in [-0.15, -0.1) is 0 Å². The lowest BCUT2D eigenvalue weighted by Crippen LogP contribution is -2.42. The Morgan fingerprint density at radius 1 is 1.31 bits per heavy atom. The molecule has 0 aromatic rings. The van der Waals surface area contributed by atoms with Crippen LogP contribution in [0.5, 0.6) is 0 Å². The summed E-state index contributed by atoms with van der Waals surface area (Å²) in [6.07, 6.45) is 0.937. The van der Waals surface area contributed by atoms with Crippen molar-refractivity contribution in [3.63, 3.8) is 0 Å². The number of rotatable bonds is 6. The summed E-state index contributed by atoms with van der Waals surface area (Å²) in [5.74, 6) is 0.562. The van der Waals surface area contributed by atoms with Gasteiger partial charge in [0.05, 0.1) is 12.2 Å². The zero-order valence-corrected chi connectivity index (χ0v) is 9.17. The fourth-order valence-corrected chi connectivity index (χ4v) is 1.19. The maximum absolute atomic E-state index is 9.45. The lowest BCUT2D eigenvalue weighted by atomic mass is 10.0. The van der Waals surface area contributed by atoms with Crippen LogP contribution in [-0.2, 0) is 0 Å². The van der Waals surface area contributed by atoms with Gasteiger partial charge in [0.2, 0.25) is 0 Å². The van der Waals surface area contributed by atoms with Crippen molar-refractivity contribution in [1.82, 2.24) is 5.32 Å². The first-order chi connectivity index (χ1) is 5.85. The first-order valence-electron chi connectivity index (χ1n) is 4.92. The first-order valence-corrected chi connectivity index (χ1v) is 4.92. The second-order valence-electron chi connectivity index (χ2n) is 4.70. The summed E-state index contributed by atoms with van der Waals surface area (Å²) in [6, 6.07) is 0.103. The molecule has 0 heterocycles. The van der Waals surface area contributed by atoms with Crippen LogP contribution in [0, 0.1) is 5.92 Å². The van der Waals surface area contributed by atoms with E-state index in [0.29, 0.717) is 12.5 Å². The minimum absolute atomic E-state index is 0.103. The van der Waals surface area contributed by atoms with Gasteiger partial charge in [-0.25, -0.2) is 0 Å². The molecule has 0 saturated heterocycles. The molecule has 0 aliphatic rings. The van der Waals surface area contributed by atoms with Crippen molar-refractivity contribution in [3.05, 3.63) is 0 Å². The number of hydrogen-bond donors (Lipinski definition) is 3.